The molecule has 0 aliphatic carbocycles. The zero-order chi connectivity index (χ0) is 52.6. The van der Waals surface area contributed by atoms with Crippen molar-refractivity contribution in [2.45, 2.75) is 321 Å². The Balaban J connectivity index is 4.49. The maximum Gasteiger partial charge on any atom is 0.158 e. The lowest BCUT2D eigenvalue weighted by Crippen LogP contribution is -2.30. The molecule has 0 aromatic carbocycles. The molecule has 0 saturated carbocycles. The van der Waals surface area contributed by atoms with E-state index in [0.717, 1.165) is 77.0 Å². The summed E-state index contributed by atoms with van der Waals surface area (Å²) in [4.78, 5) is 38.3. The largest absolute Gasteiger partial charge is 0.381 e. The van der Waals surface area contributed by atoms with Crippen LogP contribution in [0.4, 0.5) is 0 Å². The first-order valence-corrected chi connectivity index (χ1v) is 30.9. The Kier molecular flexibility index (Phi) is 56.0. The van der Waals surface area contributed by atoms with Gasteiger partial charge in [0.2, 0.25) is 0 Å². The third kappa shape index (κ3) is 50.7. The fraction of sp³-hybridized carbons (Fsp3) is 0.921. The average molecular weight is 1020 g/mol. The van der Waals surface area contributed by atoms with Crippen molar-refractivity contribution in [1.29, 1.82) is 0 Å². The third-order valence-corrected chi connectivity index (χ3v) is 14.6. The van der Waals surface area contributed by atoms with Crippen LogP contribution >= 0.6 is 0 Å². The summed E-state index contributed by atoms with van der Waals surface area (Å²) in [5.41, 5.74) is 0. The Morgan fingerprint density at radius 1 is 0.333 bits per heavy atom. The maximum absolute atomic E-state index is 12.8. The fourth-order valence-electron chi connectivity index (χ4n) is 9.66. The number of unbranched alkanes of at least 4 members (excludes halogenated alkanes) is 28. The first kappa shape index (κ1) is 70.5. The molecule has 0 amide bonds. The smallest absolute Gasteiger partial charge is 0.158 e. The van der Waals surface area contributed by atoms with E-state index in [2.05, 4.69) is 32.9 Å². The van der Waals surface area contributed by atoms with Crippen LogP contribution in [0.3, 0.4) is 0 Å². The van der Waals surface area contributed by atoms with E-state index in [4.69, 9.17) is 28.4 Å². The molecule has 0 aromatic heterocycles. The Hall–Kier alpha value is -1.49. The van der Waals surface area contributed by atoms with Gasteiger partial charge in [-0.05, 0) is 70.6 Å². The molecule has 0 radical (unpaired) electrons. The van der Waals surface area contributed by atoms with Crippen molar-refractivity contribution in [2.75, 3.05) is 54.4 Å². The van der Waals surface area contributed by atoms with Crippen molar-refractivity contribution >= 4 is 17.3 Å². The highest BCUT2D eigenvalue weighted by Gasteiger charge is 2.16. The molecule has 9 nitrogen and oxygen atoms in total. The second-order valence-corrected chi connectivity index (χ2v) is 21.4. The van der Waals surface area contributed by atoms with Gasteiger partial charge in [0.15, 0.2) is 17.3 Å². The molecule has 0 aliphatic heterocycles. The van der Waals surface area contributed by atoms with Crippen molar-refractivity contribution in [3.63, 3.8) is 0 Å². The van der Waals surface area contributed by atoms with Gasteiger partial charge in [0.1, 0.15) is 25.9 Å². The van der Waals surface area contributed by atoms with Gasteiger partial charge in [-0.2, -0.15) is 0 Å². The number of rotatable bonds is 61. The molecule has 4 atom stereocenters. The van der Waals surface area contributed by atoms with Gasteiger partial charge in [-0.15, -0.1) is 0 Å². The van der Waals surface area contributed by atoms with E-state index in [9.17, 15) is 14.4 Å². The van der Waals surface area contributed by atoms with Crippen LogP contribution in [-0.2, 0) is 42.8 Å². The monoisotopic (exact) mass is 1020 g/mol. The SMILES string of the molecule is CCCCCCC(CC=CCCCCCCCC(=O)COCC(COCC(=O)CCCCCCCCCCC(CCCCCC)OC)OCC(=O)CCCCCCCCCCC(CCCCCC)OC)OC. The lowest BCUT2D eigenvalue weighted by Gasteiger charge is -2.18. The van der Waals surface area contributed by atoms with Crippen LogP contribution in [0, 0.1) is 0 Å². The standard InChI is InChI=1S/C63H120O9/c1-7-10-13-37-46-60(67-4)49-40-31-25-19-16-22-28-34-43-57(64)52-70-55-63(72-54-59(66)45-36-30-24-18-21-27-33-42-51-62(69-6)48-39-15-12-9-3)56-71-53-58(65)44-35-29-23-17-20-26-32-41-50-61(68-5)47-38-14-11-8-2/h31,40,60-63H,7-30,32-39,41-56H2,1-6H3. The molecule has 0 spiro atoms. The summed E-state index contributed by atoms with van der Waals surface area (Å²) in [5, 5.41) is 0. The van der Waals surface area contributed by atoms with Crippen LogP contribution in [0.25, 0.3) is 0 Å². The Morgan fingerprint density at radius 2 is 0.639 bits per heavy atom. The van der Waals surface area contributed by atoms with Crippen LogP contribution in [0.1, 0.15) is 297 Å². The van der Waals surface area contributed by atoms with E-state index in [-0.39, 0.29) is 50.4 Å². The van der Waals surface area contributed by atoms with Gasteiger partial charge in [0, 0.05) is 40.6 Å². The number of hydrogen-bond acceptors (Lipinski definition) is 9. The summed E-state index contributed by atoms with van der Waals surface area (Å²) in [5.74, 6) is 0.255. The second kappa shape index (κ2) is 57.2. The number of ketones is 3. The molecular formula is C63H120O9. The summed E-state index contributed by atoms with van der Waals surface area (Å²) in [6.07, 6.45) is 54.4. The van der Waals surface area contributed by atoms with Gasteiger partial charge in [0.05, 0.1) is 31.5 Å². The summed E-state index contributed by atoms with van der Waals surface area (Å²) >= 11 is 0. The van der Waals surface area contributed by atoms with Crippen molar-refractivity contribution in [3.05, 3.63) is 12.2 Å². The molecule has 0 fully saturated rings. The van der Waals surface area contributed by atoms with Crippen molar-refractivity contribution in [1.82, 2.24) is 0 Å². The number of ether oxygens (including phenoxy) is 6. The normalized spacial score (nSPS) is 13.5. The zero-order valence-electron chi connectivity index (χ0n) is 48.6. The quantitative estimate of drug-likeness (QED) is 0.0435. The minimum atomic E-state index is -0.513. The number of Topliss-reactive ketones (excluding diaryl/α,β-unsaturated/α-hetero) is 3. The highest BCUT2D eigenvalue weighted by atomic mass is 16.6. The first-order valence-electron chi connectivity index (χ1n) is 30.9. The summed E-state index contributed by atoms with van der Waals surface area (Å²) < 4.78 is 34.8. The molecule has 72 heavy (non-hydrogen) atoms. The number of allylic oxidation sites excluding steroid dienone is 1. The van der Waals surface area contributed by atoms with Gasteiger partial charge in [-0.3, -0.25) is 14.4 Å². The van der Waals surface area contributed by atoms with Crippen LogP contribution < -0.4 is 0 Å². The maximum atomic E-state index is 12.8. The Morgan fingerprint density at radius 3 is 1.00 bits per heavy atom. The van der Waals surface area contributed by atoms with E-state index in [0.29, 0.717) is 37.6 Å². The lowest BCUT2D eigenvalue weighted by molar-refractivity contribution is -0.135. The zero-order valence-corrected chi connectivity index (χ0v) is 48.6. The van der Waals surface area contributed by atoms with E-state index in [1.54, 1.807) is 0 Å². The Labute approximate surface area is 446 Å². The Bertz CT molecular complexity index is 1180. The number of carbonyl (C=O) groups is 3. The number of carbonyl (C=O) groups excluding carboxylic acids is 3. The average Bonchev–Trinajstić information content (AvgIpc) is 3.38. The van der Waals surface area contributed by atoms with E-state index >= 15 is 0 Å². The predicted molar refractivity (Wildman–Crippen MR) is 303 cm³/mol. The molecule has 0 rings (SSSR count). The van der Waals surface area contributed by atoms with Crippen LogP contribution in [0.2, 0.25) is 0 Å². The second-order valence-electron chi connectivity index (χ2n) is 21.4. The van der Waals surface area contributed by atoms with Gasteiger partial charge in [-0.1, -0.05) is 219 Å². The number of hydrogen-bond donors (Lipinski definition) is 0. The van der Waals surface area contributed by atoms with Gasteiger partial charge < -0.3 is 28.4 Å². The molecule has 0 heterocycles. The minimum absolute atomic E-state index is 0.00423. The van der Waals surface area contributed by atoms with E-state index < -0.39 is 6.10 Å². The molecule has 0 aliphatic rings. The highest BCUT2D eigenvalue weighted by molar-refractivity contribution is 5.80. The van der Waals surface area contributed by atoms with Gasteiger partial charge in [-0.25, -0.2) is 0 Å². The molecule has 9 heteroatoms. The molecule has 426 valence electrons. The molecule has 4 unspecified atom stereocenters. The van der Waals surface area contributed by atoms with E-state index in [1.807, 2.05) is 21.3 Å². The van der Waals surface area contributed by atoms with Crippen LogP contribution in [0.15, 0.2) is 12.2 Å². The summed E-state index contributed by atoms with van der Waals surface area (Å²) in [7, 11) is 5.55. The molecule has 0 saturated heterocycles. The first-order chi connectivity index (χ1) is 35.3. The highest BCUT2D eigenvalue weighted by Crippen LogP contribution is 2.19. The van der Waals surface area contributed by atoms with Crippen LogP contribution in [-0.4, -0.2) is 96.1 Å². The topological polar surface area (TPSA) is 107 Å². The van der Waals surface area contributed by atoms with Gasteiger partial charge >= 0.3 is 0 Å². The summed E-state index contributed by atoms with van der Waals surface area (Å²) in [6.45, 7) is 7.13. The van der Waals surface area contributed by atoms with Crippen LogP contribution in [0.5, 0.6) is 0 Å². The fourth-order valence-corrected chi connectivity index (χ4v) is 9.66. The molecular weight excluding hydrogens is 901 g/mol. The molecule has 0 aromatic rings. The molecule has 0 bridgehead atoms. The predicted octanol–water partition coefficient (Wildman–Crippen LogP) is 17.5. The minimum Gasteiger partial charge on any atom is -0.381 e. The van der Waals surface area contributed by atoms with Crippen molar-refractivity contribution < 1.29 is 42.8 Å². The molecule has 0 N–H and O–H groups in total. The van der Waals surface area contributed by atoms with Crippen molar-refractivity contribution in [3.8, 4) is 0 Å². The number of methoxy groups -OCH3 is 3. The summed E-state index contributed by atoms with van der Waals surface area (Å²) in [6, 6.07) is 0. The van der Waals surface area contributed by atoms with E-state index in [1.165, 1.54) is 180 Å². The van der Waals surface area contributed by atoms with Gasteiger partial charge in [0.25, 0.3) is 0 Å². The lowest BCUT2D eigenvalue weighted by atomic mass is 10.0. The van der Waals surface area contributed by atoms with Crippen molar-refractivity contribution in [2.24, 2.45) is 0 Å². The third-order valence-electron chi connectivity index (χ3n) is 14.6.